The molecule has 0 saturated heterocycles. The van der Waals surface area contributed by atoms with Crippen LogP contribution >= 0.6 is 0 Å². The molecule has 0 aliphatic heterocycles. The van der Waals surface area contributed by atoms with Gasteiger partial charge in [0, 0.05) is 19.6 Å². The van der Waals surface area contributed by atoms with Crippen LogP contribution in [0.1, 0.15) is 33.6 Å². The van der Waals surface area contributed by atoms with Crippen LogP contribution in [0.5, 0.6) is 0 Å². The molecular weight excluding hydrogens is 194 g/mol. The van der Waals surface area contributed by atoms with Gasteiger partial charge in [-0.25, -0.2) is 0 Å². The smallest absolute Gasteiger partial charge is 0.220 e. The SMILES string of the molecule is CC(C)COCCNC(=O)CCC(C)O. The Bertz CT molecular complexity index is 169. The van der Waals surface area contributed by atoms with Crippen LogP contribution in [0.15, 0.2) is 0 Å². The highest BCUT2D eigenvalue weighted by atomic mass is 16.5. The highest BCUT2D eigenvalue weighted by Gasteiger charge is 2.03. The molecular formula is C11H23NO3. The van der Waals surface area contributed by atoms with Crippen molar-refractivity contribution in [3.05, 3.63) is 0 Å². The summed E-state index contributed by atoms with van der Waals surface area (Å²) in [5.74, 6) is 0.500. The van der Waals surface area contributed by atoms with Gasteiger partial charge in [-0.3, -0.25) is 4.79 Å². The lowest BCUT2D eigenvalue weighted by molar-refractivity contribution is -0.121. The van der Waals surface area contributed by atoms with Crippen molar-refractivity contribution in [2.45, 2.75) is 39.7 Å². The summed E-state index contributed by atoms with van der Waals surface area (Å²) in [5, 5.41) is 11.7. The van der Waals surface area contributed by atoms with Crippen LogP contribution in [0.25, 0.3) is 0 Å². The molecule has 0 aromatic carbocycles. The van der Waals surface area contributed by atoms with Crippen molar-refractivity contribution >= 4 is 5.91 Å². The van der Waals surface area contributed by atoms with Crippen molar-refractivity contribution in [2.24, 2.45) is 5.92 Å². The number of carbonyl (C=O) groups is 1. The maximum atomic E-state index is 11.2. The van der Waals surface area contributed by atoms with Gasteiger partial charge in [-0.2, -0.15) is 0 Å². The largest absolute Gasteiger partial charge is 0.393 e. The molecule has 2 N–H and O–H groups in total. The topological polar surface area (TPSA) is 58.6 Å². The van der Waals surface area contributed by atoms with E-state index >= 15 is 0 Å². The third-order valence-electron chi connectivity index (χ3n) is 1.81. The lowest BCUT2D eigenvalue weighted by Crippen LogP contribution is -2.28. The van der Waals surface area contributed by atoms with Gasteiger partial charge in [0.1, 0.15) is 0 Å². The van der Waals surface area contributed by atoms with Crippen LogP contribution in [-0.4, -0.2) is 36.9 Å². The van der Waals surface area contributed by atoms with E-state index in [0.717, 1.165) is 6.61 Å². The van der Waals surface area contributed by atoms with Crippen molar-refractivity contribution in [2.75, 3.05) is 19.8 Å². The quantitative estimate of drug-likeness (QED) is 0.595. The van der Waals surface area contributed by atoms with E-state index in [-0.39, 0.29) is 5.91 Å². The van der Waals surface area contributed by atoms with E-state index < -0.39 is 6.10 Å². The van der Waals surface area contributed by atoms with Gasteiger partial charge in [0.2, 0.25) is 5.91 Å². The molecule has 0 bridgehead atoms. The molecule has 0 spiro atoms. The third-order valence-corrected chi connectivity index (χ3v) is 1.81. The van der Waals surface area contributed by atoms with E-state index in [1.807, 2.05) is 0 Å². The summed E-state index contributed by atoms with van der Waals surface area (Å²) in [5.41, 5.74) is 0. The maximum absolute atomic E-state index is 11.2. The molecule has 1 atom stereocenters. The molecule has 0 fully saturated rings. The average molecular weight is 217 g/mol. The Kier molecular flexibility index (Phi) is 8.33. The first kappa shape index (κ1) is 14.4. The van der Waals surface area contributed by atoms with E-state index in [2.05, 4.69) is 19.2 Å². The fourth-order valence-electron chi connectivity index (χ4n) is 1.01. The average Bonchev–Trinajstić information content (AvgIpc) is 2.13. The fraction of sp³-hybridized carbons (Fsp3) is 0.909. The van der Waals surface area contributed by atoms with Crippen molar-refractivity contribution in [3.63, 3.8) is 0 Å². The van der Waals surface area contributed by atoms with Crippen molar-refractivity contribution in [3.8, 4) is 0 Å². The second-order valence-electron chi connectivity index (χ2n) is 4.21. The van der Waals surface area contributed by atoms with Gasteiger partial charge < -0.3 is 15.2 Å². The fourth-order valence-corrected chi connectivity index (χ4v) is 1.01. The van der Waals surface area contributed by atoms with Crippen LogP contribution in [0.4, 0.5) is 0 Å². The molecule has 4 nitrogen and oxygen atoms in total. The lowest BCUT2D eigenvalue weighted by atomic mass is 10.2. The molecule has 0 saturated carbocycles. The number of hydrogen-bond acceptors (Lipinski definition) is 3. The zero-order valence-electron chi connectivity index (χ0n) is 9.95. The van der Waals surface area contributed by atoms with Crippen LogP contribution in [-0.2, 0) is 9.53 Å². The van der Waals surface area contributed by atoms with Crippen LogP contribution < -0.4 is 5.32 Å². The Morgan fingerprint density at radius 1 is 1.40 bits per heavy atom. The minimum atomic E-state index is -0.409. The highest BCUT2D eigenvalue weighted by molar-refractivity contribution is 5.75. The molecule has 0 radical (unpaired) electrons. The molecule has 90 valence electrons. The molecule has 0 aliphatic rings. The van der Waals surface area contributed by atoms with Gasteiger partial charge in [0.25, 0.3) is 0 Å². The summed E-state index contributed by atoms with van der Waals surface area (Å²) in [6.45, 7) is 7.68. The second-order valence-corrected chi connectivity index (χ2v) is 4.21. The first-order valence-corrected chi connectivity index (χ1v) is 5.55. The minimum Gasteiger partial charge on any atom is -0.393 e. The standard InChI is InChI=1S/C11H23NO3/c1-9(2)8-15-7-6-12-11(14)5-4-10(3)13/h9-10,13H,4-8H2,1-3H3,(H,12,14). The van der Waals surface area contributed by atoms with Gasteiger partial charge in [-0.15, -0.1) is 0 Å². The lowest BCUT2D eigenvalue weighted by Gasteiger charge is -2.08. The number of carbonyl (C=O) groups excluding carboxylic acids is 1. The predicted octanol–water partition coefficient (Wildman–Crippen LogP) is 0.936. The number of aliphatic hydroxyl groups is 1. The van der Waals surface area contributed by atoms with Crippen LogP contribution in [0, 0.1) is 5.92 Å². The van der Waals surface area contributed by atoms with Gasteiger partial charge in [0.05, 0.1) is 12.7 Å². The minimum absolute atomic E-state index is 0.0240. The zero-order valence-corrected chi connectivity index (χ0v) is 9.95. The molecule has 1 unspecified atom stereocenters. The summed E-state index contributed by atoms with van der Waals surface area (Å²) in [7, 11) is 0. The predicted molar refractivity (Wildman–Crippen MR) is 59.6 cm³/mol. The van der Waals surface area contributed by atoms with Crippen molar-refractivity contribution < 1.29 is 14.6 Å². The van der Waals surface area contributed by atoms with Gasteiger partial charge in [-0.05, 0) is 19.3 Å². The van der Waals surface area contributed by atoms with Crippen LogP contribution in [0.3, 0.4) is 0 Å². The summed E-state index contributed by atoms with van der Waals surface area (Å²) in [6, 6.07) is 0. The molecule has 0 heterocycles. The second kappa shape index (κ2) is 8.68. The number of aliphatic hydroxyl groups excluding tert-OH is 1. The number of rotatable bonds is 8. The summed E-state index contributed by atoms with van der Waals surface area (Å²) < 4.78 is 5.31. The maximum Gasteiger partial charge on any atom is 0.220 e. The van der Waals surface area contributed by atoms with Crippen LogP contribution in [0.2, 0.25) is 0 Å². The molecule has 1 amide bonds. The Labute approximate surface area is 92.0 Å². The number of amides is 1. The monoisotopic (exact) mass is 217 g/mol. The number of ether oxygens (including phenoxy) is 1. The van der Waals surface area contributed by atoms with Gasteiger partial charge in [0.15, 0.2) is 0 Å². The Morgan fingerprint density at radius 3 is 2.60 bits per heavy atom. The molecule has 0 aromatic heterocycles. The van der Waals surface area contributed by atoms with Crippen molar-refractivity contribution in [1.29, 1.82) is 0 Å². The first-order valence-electron chi connectivity index (χ1n) is 5.55. The molecule has 0 rings (SSSR count). The van der Waals surface area contributed by atoms with E-state index in [1.165, 1.54) is 0 Å². The molecule has 4 heteroatoms. The number of nitrogens with one attached hydrogen (secondary N) is 1. The van der Waals surface area contributed by atoms with E-state index in [1.54, 1.807) is 6.92 Å². The van der Waals surface area contributed by atoms with Gasteiger partial charge >= 0.3 is 0 Å². The molecule has 0 aromatic rings. The number of hydrogen-bond donors (Lipinski definition) is 2. The summed E-state index contributed by atoms with van der Waals surface area (Å²) >= 11 is 0. The van der Waals surface area contributed by atoms with Crippen molar-refractivity contribution in [1.82, 2.24) is 5.32 Å². The Hall–Kier alpha value is -0.610. The molecule has 0 aliphatic carbocycles. The molecule has 15 heavy (non-hydrogen) atoms. The van der Waals surface area contributed by atoms with E-state index in [9.17, 15) is 4.79 Å². The Morgan fingerprint density at radius 2 is 2.07 bits per heavy atom. The van der Waals surface area contributed by atoms with E-state index in [4.69, 9.17) is 9.84 Å². The first-order chi connectivity index (χ1) is 7.02. The zero-order chi connectivity index (χ0) is 11.7. The Balaban J connectivity index is 3.24. The summed E-state index contributed by atoms with van der Waals surface area (Å²) in [6.07, 6.45) is 0.480. The third kappa shape index (κ3) is 11.3. The highest BCUT2D eigenvalue weighted by Crippen LogP contribution is 1.95. The normalized spacial score (nSPS) is 12.9. The van der Waals surface area contributed by atoms with Gasteiger partial charge in [-0.1, -0.05) is 13.8 Å². The van der Waals surface area contributed by atoms with E-state index in [0.29, 0.717) is 31.9 Å². The summed E-state index contributed by atoms with van der Waals surface area (Å²) in [4.78, 5) is 11.2.